The van der Waals surface area contributed by atoms with Gasteiger partial charge in [0.25, 0.3) is 5.91 Å². The number of rotatable bonds is 5. The number of nitriles is 1. The molecule has 1 N–H and O–H groups in total. The van der Waals surface area contributed by atoms with E-state index in [0.717, 1.165) is 16.7 Å². The summed E-state index contributed by atoms with van der Waals surface area (Å²) in [4.78, 5) is 27.6. The highest BCUT2D eigenvalue weighted by atomic mass is 16.2. The molecule has 0 saturated carbocycles. The second-order valence-corrected chi connectivity index (χ2v) is 7.06. The molecule has 5 heteroatoms. The smallest absolute Gasteiger partial charge is 0.319 e. The van der Waals surface area contributed by atoms with E-state index in [2.05, 4.69) is 11.4 Å². The Morgan fingerprint density at radius 3 is 2.07 bits per heavy atom. The number of nitrogens with one attached hydrogen (secondary N) is 1. The van der Waals surface area contributed by atoms with E-state index < -0.39 is 11.6 Å². The summed E-state index contributed by atoms with van der Waals surface area (Å²) < 4.78 is 0. The summed E-state index contributed by atoms with van der Waals surface area (Å²) in [6, 6.07) is 27.6. The van der Waals surface area contributed by atoms with Crippen LogP contribution in [0.15, 0.2) is 84.9 Å². The van der Waals surface area contributed by atoms with Crippen molar-refractivity contribution < 1.29 is 9.59 Å². The summed E-state index contributed by atoms with van der Waals surface area (Å²) >= 11 is 0. The molecule has 0 unspecified atom stereocenters. The van der Waals surface area contributed by atoms with Crippen molar-refractivity contribution in [3.63, 3.8) is 0 Å². The lowest BCUT2D eigenvalue weighted by Gasteiger charge is -2.27. The van der Waals surface area contributed by atoms with Gasteiger partial charge in [-0.05, 0) is 28.8 Å². The highest BCUT2D eigenvalue weighted by Gasteiger charge is 2.52. The Morgan fingerprint density at radius 1 is 0.828 bits per heavy atom. The largest absolute Gasteiger partial charge is 0.325 e. The molecule has 1 aliphatic heterocycles. The van der Waals surface area contributed by atoms with E-state index in [4.69, 9.17) is 5.26 Å². The van der Waals surface area contributed by atoms with Crippen LogP contribution in [0.1, 0.15) is 22.3 Å². The van der Waals surface area contributed by atoms with Gasteiger partial charge in [-0.2, -0.15) is 5.26 Å². The topological polar surface area (TPSA) is 73.2 Å². The van der Waals surface area contributed by atoms with Crippen LogP contribution in [-0.2, 0) is 23.3 Å². The minimum atomic E-state index is -1.15. The van der Waals surface area contributed by atoms with E-state index >= 15 is 0 Å². The molecule has 0 bridgehead atoms. The highest BCUT2D eigenvalue weighted by molar-refractivity contribution is 6.07. The fourth-order valence-corrected chi connectivity index (χ4v) is 3.68. The van der Waals surface area contributed by atoms with Crippen LogP contribution >= 0.6 is 0 Å². The first-order valence-electron chi connectivity index (χ1n) is 9.35. The standard InChI is InChI=1S/C24H19N3O2/c25-16-19-11-13-20(14-12-19)17-27-22(28)24(26-23(27)29,21-9-5-2-6-10-21)15-18-7-3-1-4-8-18/h1-14H,15,17H2,(H,26,29)/t24-/m0/s1. The summed E-state index contributed by atoms with van der Waals surface area (Å²) in [5.74, 6) is -0.276. The zero-order valence-corrected chi connectivity index (χ0v) is 15.7. The quantitative estimate of drug-likeness (QED) is 0.684. The number of nitrogens with zero attached hydrogens (tertiary/aromatic N) is 2. The third kappa shape index (κ3) is 3.48. The van der Waals surface area contributed by atoms with Gasteiger partial charge in [-0.25, -0.2) is 4.79 Å². The fourth-order valence-electron chi connectivity index (χ4n) is 3.68. The lowest BCUT2D eigenvalue weighted by atomic mass is 9.83. The van der Waals surface area contributed by atoms with E-state index in [-0.39, 0.29) is 12.5 Å². The summed E-state index contributed by atoms with van der Waals surface area (Å²) in [6.45, 7) is 0.153. The maximum absolute atomic E-state index is 13.6. The van der Waals surface area contributed by atoms with Crippen LogP contribution in [0.2, 0.25) is 0 Å². The van der Waals surface area contributed by atoms with E-state index in [0.29, 0.717) is 12.0 Å². The van der Waals surface area contributed by atoms with Gasteiger partial charge in [-0.1, -0.05) is 72.8 Å². The maximum Gasteiger partial charge on any atom is 0.325 e. The molecular weight excluding hydrogens is 362 g/mol. The van der Waals surface area contributed by atoms with Crippen molar-refractivity contribution >= 4 is 11.9 Å². The fraction of sp³-hybridized carbons (Fsp3) is 0.125. The monoisotopic (exact) mass is 381 g/mol. The second kappa shape index (κ2) is 7.61. The van der Waals surface area contributed by atoms with E-state index in [9.17, 15) is 9.59 Å². The molecule has 0 aliphatic carbocycles. The van der Waals surface area contributed by atoms with Crippen molar-refractivity contribution in [2.45, 2.75) is 18.5 Å². The molecule has 0 aromatic heterocycles. The Kier molecular flexibility index (Phi) is 4.84. The van der Waals surface area contributed by atoms with Gasteiger partial charge < -0.3 is 5.32 Å². The Balaban J connectivity index is 1.69. The van der Waals surface area contributed by atoms with Gasteiger partial charge in [0.15, 0.2) is 5.54 Å². The molecule has 142 valence electrons. The molecule has 3 aromatic carbocycles. The molecule has 1 heterocycles. The third-order valence-corrected chi connectivity index (χ3v) is 5.18. The van der Waals surface area contributed by atoms with Crippen LogP contribution in [-0.4, -0.2) is 16.8 Å². The lowest BCUT2D eigenvalue weighted by Crippen LogP contribution is -2.46. The van der Waals surface area contributed by atoms with Gasteiger partial charge in [-0.15, -0.1) is 0 Å². The van der Waals surface area contributed by atoms with Gasteiger partial charge in [-0.3, -0.25) is 9.69 Å². The number of hydrogen-bond acceptors (Lipinski definition) is 3. The lowest BCUT2D eigenvalue weighted by molar-refractivity contribution is -0.132. The van der Waals surface area contributed by atoms with Crippen molar-refractivity contribution in [1.29, 1.82) is 5.26 Å². The number of carbonyl (C=O) groups is 2. The molecule has 3 aromatic rings. The zero-order chi connectivity index (χ0) is 20.3. The molecule has 1 fully saturated rings. The van der Waals surface area contributed by atoms with Crippen molar-refractivity contribution in [3.8, 4) is 6.07 Å². The maximum atomic E-state index is 13.6. The van der Waals surface area contributed by atoms with Crippen molar-refractivity contribution in [3.05, 3.63) is 107 Å². The van der Waals surface area contributed by atoms with E-state index in [1.807, 2.05) is 60.7 Å². The zero-order valence-electron chi connectivity index (χ0n) is 15.7. The Hall–Kier alpha value is -3.91. The Morgan fingerprint density at radius 2 is 1.45 bits per heavy atom. The molecule has 0 spiro atoms. The average molecular weight is 381 g/mol. The SMILES string of the molecule is N#Cc1ccc(CN2C(=O)N[C@@](Cc3ccccc3)(c3ccccc3)C2=O)cc1. The van der Waals surface area contributed by atoms with Crippen molar-refractivity contribution in [2.24, 2.45) is 0 Å². The first kappa shape index (κ1) is 18.5. The van der Waals surface area contributed by atoms with Crippen LogP contribution in [0.4, 0.5) is 4.79 Å². The Bertz CT molecular complexity index is 1070. The summed E-state index contributed by atoms with van der Waals surface area (Å²) in [6.07, 6.45) is 0.367. The number of urea groups is 1. The number of benzene rings is 3. The molecular formula is C24H19N3O2. The minimum Gasteiger partial charge on any atom is -0.319 e. The highest BCUT2D eigenvalue weighted by Crippen LogP contribution is 2.33. The predicted octanol–water partition coefficient (Wildman–Crippen LogP) is 3.75. The first-order valence-corrected chi connectivity index (χ1v) is 9.35. The molecule has 1 atom stereocenters. The van der Waals surface area contributed by atoms with Crippen molar-refractivity contribution in [2.75, 3.05) is 0 Å². The average Bonchev–Trinajstić information content (AvgIpc) is 3.00. The third-order valence-electron chi connectivity index (χ3n) is 5.18. The molecule has 4 rings (SSSR count). The van der Waals surface area contributed by atoms with Crippen molar-refractivity contribution in [1.82, 2.24) is 10.2 Å². The second-order valence-electron chi connectivity index (χ2n) is 7.06. The summed E-state index contributed by atoms with van der Waals surface area (Å²) in [5, 5.41) is 11.9. The number of hydrogen-bond donors (Lipinski definition) is 1. The van der Waals surface area contributed by atoms with Gasteiger partial charge in [0, 0.05) is 6.42 Å². The van der Waals surface area contributed by atoms with Gasteiger partial charge in [0.2, 0.25) is 0 Å². The molecule has 1 saturated heterocycles. The predicted molar refractivity (Wildman–Crippen MR) is 109 cm³/mol. The van der Waals surface area contributed by atoms with Crippen LogP contribution in [0.5, 0.6) is 0 Å². The molecule has 29 heavy (non-hydrogen) atoms. The Labute approximate surface area is 169 Å². The van der Waals surface area contributed by atoms with Crippen LogP contribution in [0.25, 0.3) is 0 Å². The molecule has 5 nitrogen and oxygen atoms in total. The van der Waals surface area contributed by atoms with E-state index in [1.165, 1.54) is 4.90 Å². The number of carbonyl (C=O) groups excluding carboxylic acids is 2. The molecule has 1 aliphatic rings. The minimum absolute atomic E-state index is 0.153. The molecule has 0 radical (unpaired) electrons. The summed E-state index contributed by atoms with van der Waals surface area (Å²) in [7, 11) is 0. The molecule has 3 amide bonds. The van der Waals surface area contributed by atoms with Gasteiger partial charge in [0.05, 0.1) is 18.2 Å². The normalized spacial score (nSPS) is 18.4. The van der Waals surface area contributed by atoms with Crippen LogP contribution in [0, 0.1) is 11.3 Å². The van der Waals surface area contributed by atoms with E-state index in [1.54, 1.807) is 24.3 Å². The first-order chi connectivity index (χ1) is 14.1. The van der Waals surface area contributed by atoms with Crippen LogP contribution < -0.4 is 5.32 Å². The summed E-state index contributed by atoms with van der Waals surface area (Å²) in [5.41, 5.74) is 1.89. The van der Waals surface area contributed by atoms with Gasteiger partial charge in [0.1, 0.15) is 0 Å². The van der Waals surface area contributed by atoms with Gasteiger partial charge >= 0.3 is 6.03 Å². The van der Waals surface area contributed by atoms with Crippen LogP contribution in [0.3, 0.4) is 0 Å². The number of imide groups is 1. The number of amides is 3.